The first-order valence-electron chi connectivity index (χ1n) is 7.36. The molecule has 0 aliphatic heterocycles. The minimum atomic E-state index is 0.510. The molecule has 0 aliphatic rings. The molecule has 1 aromatic carbocycles. The predicted octanol–water partition coefficient (Wildman–Crippen LogP) is 6.01. The van der Waals surface area contributed by atoms with Gasteiger partial charge in [0.25, 0.3) is 11.1 Å². The molecule has 0 amide bonds. The molecule has 3 aromatic heterocycles. The predicted molar refractivity (Wildman–Crippen MR) is 106 cm³/mol. The van der Waals surface area contributed by atoms with Crippen LogP contribution in [0.5, 0.6) is 0 Å². The van der Waals surface area contributed by atoms with Crippen LogP contribution in [0.2, 0.25) is 5.15 Å². The molecule has 0 saturated carbocycles. The lowest BCUT2D eigenvalue weighted by atomic mass is 10.2. The lowest BCUT2D eigenvalue weighted by molar-refractivity contribution is 0.466. The molecule has 0 aliphatic carbocycles. The number of aromatic nitrogens is 3. The molecule has 0 atom stereocenters. The van der Waals surface area contributed by atoms with Crippen LogP contribution in [0.4, 0.5) is 0 Å². The van der Waals surface area contributed by atoms with Gasteiger partial charge in [-0.1, -0.05) is 35.5 Å². The summed E-state index contributed by atoms with van der Waals surface area (Å²) in [6.07, 6.45) is 2.04. The maximum atomic E-state index is 6.36. The normalized spacial score (nSPS) is 11.3. The van der Waals surface area contributed by atoms with Gasteiger partial charge < -0.3 is 4.42 Å². The van der Waals surface area contributed by atoms with Crippen molar-refractivity contribution in [2.24, 2.45) is 0 Å². The third kappa shape index (κ3) is 3.69. The summed E-state index contributed by atoms with van der Waals surface area (Å²) in [7, 11) is 0. The molecule has 4 rings (SSSR count). The number of halogens is 1. The highest BCUT2D eigenvalue weighted by Crippen LogP contribution is 2.31. The van der Waals surface area contributed by atoms with Crippen molar-refractivity contribution in [1.82, 2.24) is 15.2 Å². The van der Waals surface area contributed by atoms with E-state index in [4.69, 9.17) is 16.0 Å². The van der Waals surface area contributed by atoms with Crippen molar-refractivity contribution in [3.63, 3.8) is 0 Å². The van der Waals surface area contributed by atoms with Crippen LogP contribution in [0.1, 0.15) is 5.56 Å². The first kappa shape index (κ1) is 16.9. The smallest absolute Gasteiger partial charge is 0.277 e. The van der Waals surface area contributed by atoms with Gasteiger partial charge in [-0.25, -0.2) is 4.98 Å². The van der Waals surface area contributed by atoms with Gasteiger partial charge in [-0.3, -0.25) is 0 Å². The first-order valence-corrected chi connectivity index (χ1v) is 10.8. The molecule has 0 saturated heterocycles. The Labute approximate surface area is 162 Å². The van der Waals surface area contributed by atoms with E-state index in [1.54, 1.807) is 23.1 Å². The summed E-state index contributed by atoms with van der Waals surface area (Å²) in [6, 6.07) is 12.2. The molecule has 0 fully saturated rings. The summed E-state index contributed by atoms with van der Waals surface area (Å²) in [5.41, 5.74) is 1.86. The van der Waals surface area contributed by atoms with Gasteiger partial charge in [0.1, 0.15) is 5.15 Å². The fourth-order valence-corrected chi connectivity index (χ4v) is 4.41. The second kappa shape index (κ2) is 7.37. The topological polar surface area (TPSA) is 51.8 Å². The van der Waals surface area contributed by atoms with Crippen molar-refractivity contribution >= 4 is 57.4 Å². The Balaban J connectivity index is 1.53. The molecule has 4 aromatic rings. The largest absolute Gasteiger partial charge is 0.410 e. The number of benzene rings is 1. The van der Waals surface area contributed by atoms with Crippen LogP contribution in [0.15, 0.2) is 56.3 Å². The van der Waals surface area contributed by atoms with Crippen molar-refractivity contribution < 1.29 is 4.42 Å². The molecule has 0 radical (unpaired) electrons. The number of rotatable bonds is 5. The number of hydrogen-bond acceptors (Lipinski definition) is 7. The van der Waals surface area contributed by atoms with Gasteiger partial charge in [0, 0.05) is 21.6 Å². The monoisotopic (exact) mass is 405 g/mol. The standard InChI is InChI=1S/C17H12ClN3OS3/c1-23-12-5-4-10-7-11(15(18)19-13(10)8-12)9-25-17-21-20-16(22-17)14-3-2-6-24-14/h2-8H,9H2,1H3. The van der Waals surface area contributed by atoms with Crippen LogP contribution in [0, 0.1) is 0 Å². The second-order valence-corrected chi connectivity index (χ2v) is 8.25. The van der Waals surface area contributed by atoms with Crippen LogP contribution in [0.3, 0.4) is 0 Å². The Bertz CT molecular complexity index is 1020. The SMILES string of the molecule is CSc1ccc2cc(CSc3nnc(-c4cccs4)o3)c(Cl)nc2c1. The Hall–Kier alpha value is -1.54. The highest BCUT2D eigenvalue weighted by molar-refractivity contribution is 7.98. The summed E-state index contributed by atoms with van der Waals surface area (Å²) in [6.45, 7) is 0. The Morgan fingerprint density at radius 2 is 2.12 bits per heavy atom. The first-order chi connectivity index (χ1) is 12.2. The fourth-order valence-electron chi connectivity index (χ4n) is 2.30. The van der Waals surface area contributed by atoms with E-state index < -0.39 is 0 Å². The number of thiophene rings is 1. The van der Waals surface area contributed by atoms with Crippen molar-refractivity contribution in [2.45, 2.75) is 15.9 Å². The van der Waals surface area contributed by atoms with Crippen LogP contribution < -0.4 is 0 Å². The van der Waals surface area contributed by atoms with Crippen molar-refractivity contribution in [2.75, 3.05) is 6.26 Å². The van der Waals surface area contributed by atoms with Gasteiger partial charge in [0.05, 0.1) is 10.4 Å². The van der Waals surface area contributed by atoms with Gasteiger partial charge in [-0.15, -0.1) is 33.3 Å². The Kier molecular flexibility index (Phi) is 4.98. The van der Waals surface area contributed by atoms with Crippen molar-refractivity contribution in [3.05, 3.63) is 52.5 Å². The number of fused-ring (bicyclic) bond motifs is 1. The summed E-state index contributed by atoms with van der Waals surface area (Å²) >= 11 is 11.1. The van der Waals surface area contributed by atoms with E-state index in [0.717, 1.165) is 21.3 Å². The molecular formula is C17H12ClN3OS3. The molecule has 4 nitrogen and oxygen atoms in total. The highest BCUT2D eigenvalue weighted by atomic mass is 35.5. The number of thioether (sulfide) groups is 2. The maximum Gasteiger partial charge on any atom is 0.277 e. The number of pyridine rings is 1. The minimum absolute atomic E-state index is 0.510. The molecule has 0 N–H and O–H groups in total. The van der Waals surface area contributed by atoms with E-state index in [-0.39, 0.29) is 0 Å². The van der Waals surface area contributed by atoms with Gasteiger partial charge in [0.2, 0.25) is 0 Å². The molecule has 0 bridgehead atoms. The van der Waals surface area contributed by atoms with Crippen LogP contribution in [-0.2, 0) is 5.75 Å². The maximum absolute atomic E-state index is 6.36. The van der Waals surface area contributed by atoms with Gasteiger partial charge in [-0.05, 0) is 35.9 Å². The van der Waals surface area contributed by atoms with E-state index in [9.17, 15) is 0 Å². The van der Waals surface area contributed by atoms with E-state index in [2.05, 4.69) is 33.4 Å². The molecule has 8 heteroatoms. The van der Waals surface area contributed by atoms with Gasteiger partial charge in [-0.2, -0.15) is 0 Å². The Morgan fingerprint density at radius 1 is 1.20 bits per heavy atom. The quantitative estimate of drug-likeness (QED) is 0.299. The van der Waals surface area contributed by atoms with Crippen LogP contribution in [0.25, 0.3) is 21.7 Å². The molecule has 3 heterocycles. The minimum Gasteiger partial charge on any atom is -0.410 e. The van der Waals surface area contributed by atoms with Crippen LogP contribution in [-0.4, -0.2) is 21.4 Å². The second-order valence-electron chi connectivity index (χ2n) is 5.14. The molecule has 0 spiro atoms. The fraction of sp³-hybridized carbons (Fsp3) is 0.118. The molecular weight excluding hydrogens is 394 g/mol. The highest BCUT2D eigenvalue weighted by Gasteiger charge is 2.12. The van der Waals surface area contributed by atoms with Gasteiger partial charge in [0.15, 0.2) is 0 Å². The third-order valence-electron chi connectivity index (χ3n) is 3.54. The number of nitrogens with zero attached hydrogens (tertiary/aromatic N) is 3. The molecule has 25 heavy (non-hydrogen) atoms. The van der Waals surface area contributed by atoms with E-state index in [0.29, 0.717) is 22.0 Å². The van der Waals surface area contributed by atoms with Crippen LogP contribution >= 0.6 is 46.5 Å². The third-order valence-corrected chi connectivity index (χ3v) is 6.32. The van der Waals surface area contributed by atoms with E-state index in [1.807, 2.05) is 29.8 Å². The lowest BCUT2D eigenvalue weighted by Crippen LogP contribution is -1.89. The molecule has 0 unspecified atom stereocenters. The lowest BCUT2D eigenvalue weighted by Gasteiger charge is -2.06. The van der Waals surface area contributed by atoms with E-state index >= 15 is 0 Å². The van der Waals surface area contributed by atoms with Gasteiger partial charge >= 0.3 is 0 Å². The zero-order valence-corrected chi connectivity index (χ0v) is 16.3. The average Bonchev–Trinajstić information content (AvgIpc) is 3.30. The summed E-state index contributed by atoms with van der Waals surface area (Å²) in [5.74, 6) is 1.17. The Morgan fingerprint density at radius 3 is 2.92 bits per heavy atom. The van der Waals surface area contributed by atoms with E-state index in [1.165, 1.54) is 16.7 Å². The van der Waals surface area contributed by atoms with Crippen molar-refractivity contribution in [3.8, 4) is 10.8 Å². The number of hydrogen-bond donors (Lipinski definition) is 0. The molecule has 126 valence electrons. The zero-order valence-electron chi connectivity index (χ0n) is 13.1. The zero-order chi connectivity index (χ0) is 17.2. The summed E-state index contributed by atoms with van der Waals surface area (Å²) < 4.78 is 5.69. The summed E-state index contributed by atoms with van der Waals surface area (Å²) in [4.78, 5) is 6.65. The average molecular weight is 406 g/mol. The summed E-state index contributed by atoms with van der Waals surface area (Å²) in [5, 5.41) is 12.3. The van der Waals surface area contributed by atoms with Crippen molar-refractivity contribution in [1.29, 1.82) is 0 Å².